The fraction of sp³-hybridized carbons (Fsp3) is 0.417. The van der Waals surface area contributed by atoms with Crippen LogP contribution >= 0.6 is 46.6 Å². The highest BCUT2D eigenvalue weighted by molar-refractivity contribution is 7.99. The van der Waals surface area contributed by atoms with Crippen molar-refractivity contribution in [3.05, 3.63) is 68.7 Å². The molecule has 4 nitrogen and oxygen atoms in total. The lowest BCUT2D eigenvalue weighted by Crippen LogP contribution is -2.50. The van der Waals surface area contributed by atoms with E-state index in [0.29, 0.717) is 46.2 Å². The minimum absolute atomic E-state index is 0.111. The molecule has 2 rings (SSSR count). The Kier molecular flexibility index (Phi) is 11.2. The maximum Gasteiger partial charge on any atom is 0.242 e. The Morgan fingerprint density at radius 3 is 2.22 bits per heavy atom. The van der Waals surface area contributed by atoms with Crippen molar-refractivity contribution in [3.63, 3.8) is 0 Å². The first-order valence-corrected chi connectivity index (χ1v) is 12.8. The van der Waals surface area contributed by atoms with Gasteiger partial charge in [-0.2, -0.15) is 0 Å². The Balaban J connectivity index is 2.15. The number of hydrogen-bond donors (Lipinski definition) is 1. The molecule has 2 aromatic rings. The van der Waals surface area contributed by atoms with Gasteiger partial charge in [-0.1, -0.05) is 73.8 Å². The Morgan fingerprint density at radius 1 is 1.03 bits per heavy atom. The summed E-state index contributed by atoms with van der Waals surface area (Å²) in [7, 11) is 0. The first-order chi connectivity index (χ1) is 15.2. The monoisotopic (exact) mass is 514 g/mol. The zero-order valence-corrected chi connectivity index (χ0v) is 21.6. The number of benzene rings is 2. The number of nitrogens with zero attached hydrogens (tertiary/aromatic N) is 1. The van der Waals surface area contributed by atoms with E-state index in [4.69, 9.17) is 34.8 Å². The molecule has 0 heterocycles. The molecule has 0 spiro atoms. The van der Waals surface area contributed by atoms with Crippen LogP contribution in [0.15, 0.2) is 42.5 Å². The van der Waals surface area contributed by atoms with Crippen molar-refractivity contribution in [1.82, 2.24) is 10.2 Å². The average molecular weight is 516 g/mol. The van der Waals surface area contributed by atoms with E-state index in [1.54, 1.807) is 35.2 Å². The highest BCUT2D eigenvalue weighted by Crippen LogP contribution is 2.28. The van der Waals surface area contributed by atoms with E-state index in [-0.39, 0.29) is 17.6 Å². The van der Waals surface area contributed by atoms with Crippen LogP contribution < -0.4 is 5.32 Å². The topological polar surface area (TPSA) is 49.4 Å². The normalized spacial score (nSPS) is 12.0. The van der Waals surface area contributed by atoms with Crippen LogP contribution in [0, 0.1) is 5.92 Å². The summed E-state index contributed by atoms with van der Waals surface area (Å²) >= 11 is 19.9. The third kappa shape index (κ3) is 8.18. The number of amides is 2. The van der Waals surface area contributed by atoms with Crippen molar-refractivity contribution in [2.45, 2.75) is 45.5 Å². The van der Waals surface area contributed by atoms with Gasteiger partial charge < -0.3 is 10.2 Å². The van der Waals surface area contributed by atoms with Crippen LogP contribution in [0.25, 0.3) is 0 Å². The highest BCUT2D eigenvalue weighted by atomic mass is 35.5. The predicted octanol–water partition coefficient (Wildman–Crippen LogP) is 6.46. The number of carbonyl (C=O) groups excluding carboxylic acids is 2. The number of carbonyl (C=O) groups is 2. The number of hydrogen-bond acceptors (Lipinski definition) is 3. The lowest BCUT2D eigenvalue weighted by atomic mass is 10.1. The standard InChI is InChI=1S/C24H29Cl3N2O2S/c1-4-22(24(31)28-12-16(2)3)29(13-17-8-10-18(25)11-9-17)23(30)15-32-14-19-20(26)6-5-7-21(19)27/h5-11,16,22H,4,12-15H2,1-3H3,(H,28,31)/t22-/m0/s1. The molecule has 0 saturated heterocycles. The Hall–Kier alpha value is -1.40. The molecule has 0 aliphatic rings. The summed E-state index contributed by atoms with van der Waals surface area (Å²) in [6.45, 7) is 6.89. The second kappa shape index (κ2) is 13.3. The van der Waals surface area contributed by atoms with Gasteiger partial charge in [0.25, 0.3) is 0 Å². The predicted molar refractivity (Wildman–Crippen MR) is 137 cm³/mol. The summed E-state index contributed by atoms with van der Waals surface area (Å²) in [5.41, 5.74) is 1.72. The number of rotatable bonds is 11. The summed E-state index contributed by atoms with van der Waals surface area (Å²) in [5, 5.41) is 4.75. The van der Waals surface area contributed by atoms with Gasteiger partial charge in [0.1, 0.15) is 6.04 Å². The molecule has 0 aromatic heterocycles. The van der Waals surface area contributed by atoms with E-state index >= 15 is 0 Å². The van der Waals surface area contributed by atoms with Crippen molar-refractivity contribution >= 4 is 58.4 Å². The van der Waals surface area contributed by atoms with Gasteiger partial charge in [-0.25, -0.2) is 0 Å². The minimum atomic E-state index is -0.554. The Morgan fingerprint density at radius 2 is 1.66 bits per heavy atom. The molecule has 8 heteroatoms. The molecule has 2 amide bonds. The molecule has 0 aliphatic carbocycles. The van der Waals surface area contributed by atoms with Crippen molar-refractivity contribution in [1.29, 1.82) is 0 Å². The smallest absolute Gasteiger partial charge is 0.242 e. The van der Waals surface area contributed by atoms with E-state index in [0.717, 1.165) is 11.1 Å². The largest absolute Gasteiger partial charge is 0.354 e. The number of thioether (sulfide) groups is 1. The summed E-state index contributed by atoms with van der Waals surface area (Å²) in [6, 6.07) is 12.1. The molecular formula is C24H29Cl3N2O2S. The van der Waals surface area contributed by atoms with Crippen LogP contribution in [0.4, 0.5) is 0 Å². The maximum atomic E-state index is 13.3. The van der Waals surface area contributed by atoms with Gasteiger partial charge in [-0.3, -0.25) is 9.59 Å². The molecule has 1 atom stereocenters. The van der Waals surface area contributed by atoms with Crippen LogP contribution in [-0.2, 0) is 21.9 Å². The zero-order valence-electron chi connectivity index (χ0n) is 18.5. The molecule has 0 aliphatic heterocycles. The number of nitrogens with one attached hydrogen (secondary N) is 1. The first-order valence-electron chi connectivity index (χ1n) is 10.5. The van der Waals surface area contributed by atoms with Crippen molar-refractivity contribution in [2.24, 2.45) is 5.92 Å². The highest BCUT2D eigenvalue weighted by Gasteiger charge is 2.28. The molecule has 32 heavy (non-hydrogen) atoms. The van der Waals surface area contributed by atoms with Gasteiger partial charge in [0, 0.05) is 33.9 Å². The molecule has 2 aromatic carbocycles. The summed E-state index contributed by atoms with van der Waals surface area (Å²) in [6.07, 6.45) is 0.518. The van der Waals surface area contributed by atoms with E-state index < -0.39 is 6.04 Å². The lowest BCUT2D eigenvalue weighted by molar-refractivity contribution is -0.139. The maximum absolute atomic E-state index is 13.3. The molecule has 0 saturated carbocycles. The Labute approximate surface area is 210 Å². The van der Waals surface area contributed by atoms with E-state index in [1.165, 1.54) is 11.8 Å². The van der Waals surface area contributed by atoms with E-state index in [2.05, 4.69) is 5.32 Å². The molecule has 0 fully saturated rings. The van der Waals surface area contributed by atoms with Gasteiger partial charge >= 0.3 is 0 Å². The van der Waals surface area contributed by atoms with Crippen LogP contribution in [0.1, 0.15) is 38.3 Å². The molecule has 174 valence electrons. The zero-order chi connectivity index (χ0) is 23.7. The van der Waals surface area contributed by atoms with Crippen molar-refractivity contribution < 1.29 is 9.59 Å². The van der Waals surface area contributed by atoms with Gasteiger partial charge in [0.2, 0.25) is 11.8 Å². The molecule has 0 radical (unpaired) electrons. The average Bonchev–Trinajstić information content (AvgIpc) is 2.75. The van der Waals surface area contributed by atoms with Gasteiger partial charge in [0.15, 0.2) is 0 Å². The van der Waals surface area contributed by atoms with Crippen LogP contribution in [-0.4, -0.2) is 35.1 Å². The van der Waals surface area contributed by atoms with E-state index in [9.17, 15) is 9.59 Å². The van der Waals surface area contributed by atoms with Gasteiger partial charge in [0.05, 0.1) is 5.75 Å². The third-order valence-electron chi connectivity index (χ3n) is 4.87. The van der Waals surface area contributed by atoms with Crippen molar-refractivity contribution in [2.75, 3.05) is 12.3 Å². The van der Waals surface area contributed by atoms with Crippen LogP contribution in [0.3, 0.4) is 0 Å². The van der Waals surface area contributed by atoms with Crippen molar-refractivity contribution in [3.8, 4) is 0 Å². The fourth-order valence-electron chi connectivity index (χ4n) is 3.12. The second-order valence-corrected chi connectivity index (χ2v) is 10.1. The molecule has 0 bridgehead atoms. The molecule has 1 N–H and O–H groups in total. The van der Waals surface area contributed by atoms with Crippen LogP contribution in [0.5, 0.6) is 0 Å². The van der Waals surface area contributed by atoms with Gasteiger partial charge in [-0.05, 0) is 47.7 Å². The minimum Gasteiger partial charge on any atom is -0.354 e. The number of halogens is 3. The Bertz CT molecular complexity index is 886. The fourth-order valence-corrected chi connectivity index (χ4v) is 4.90. The van der Waals surface area contributed by atoms with E-state index in [1.807, 2.05) is 32.9 Å². The quantitative estimate of drug-likeness (QED) is 0.373. The molecular weight excluding hydrogens is 487 g/mol. The third-order valence-corrected chi connectivity index (χ3v) is 6.77. The van der Waals surface area contributed by atoms with Gasteiger partial charge in [-0.15, -0.1) is 11.8 Å². The lowest BCUT2D eigenvalue weighted by Gasteiger charge is -2.31. The summed E-state index contributed by atoms with van der Waals surface area (Å²) in [5.74, 6) is 0.800. The SMILES string of the molecule is CC[C@@H](C(=O)NCC(C)C)N(Cc1ccc(Cl)cc1)C(=O)CSCc1c(Cl)cccc1Cl. The molecule has 0 unspecified atom stereocenters. The van der Waals surface area contributed by atoms with Crippen LogP contribution in [0.2, 0.25) is 15.1 Å². The first kappa shape index (κ1) is 26.8. The second-order valence-electron chi connectivity index (χ2n) is 7.90. The summed E-state index contributed by atoms with van der Waals surface area (Å²) < 4.78 is 0. The summed E-state index contributed by atoms with van der Waals surface area (Å²) in [4.78, 5) is 27.8.